The molecule has 0 atom stereocenters. The lowest BCUT2D eigenvalue weighted by Crippen LogP contribution is -2.28. The molecule has 0 spiro atoms. The van der Waals surface area contributed by atoms with E-state index >= 15 is 0 Å². The van der Waals surface area contributed by atoms with Crippen molar-refractivity contribution >= 4 is 23.4 Å². The van der Waals surface area contributed by atoms with E-state index in [2.05, 4.69) is 31.1 Å². The summed E-state index contributed by atoms with van der Waals surface area (Å²) in [4.78, 5) is 16.2. The van der Waals surface area contributed by atoms with Gasteiger partial charge in [-0.3, -0.25) is 4.79 Å². The third-order valence-electron chi connectivity index (χ3n) is 3.58. The molecule has 0 bridgehead atoms. The summed E-state index contributed by atoms with van der Waals surface area (Å²) in [5.41, 5.74) is 1.03. The number of nitrogens with one attached hydrogen (secondary N) is 3. The summed E-state index contributed by atoms with van der Waals surface area (Å²) in [7, 11) is 0. The smallest absolute Gasteiger partial charge is 0.251 e. The highest BCUT2D eigenvalue weighted by Gasteiger charge is 2.04. The molecule has 134 valence electrons. The zero-order valence-corrected chi connectivity index (χ0v) is 14.4. The maximum Gasteiger partial charge on any atom is 0.251 e. The van der Waals surface area contributed by atoms with Crippen molar-refractivity contribution in [3.8, 4) is 6.07 Å². The lowest BCUT2D eigenvalue weighted by atomic mass is 10.1. The number of pyridine rings is 1. The Balaban J connectivity index is 1.42. The Morgan fingerprint density at radius 3 is 2.37 bits per heavy atom. The van der Waals surface area contributed by atoms with Gasteiger partial charge in [-0.1, -0.05) is 6.07 Å². The molecule has 0 saturated heterocycles. The summed E-state index contributed by atoms with van der Waals surface area (Å²) in [5, 5.41) is 25.8. The van der Waals surface area contributed by atoms with Crippen LogP contribution in [0.25, 0.3) is 0 Å². The van der Waals surface area contributed by atoms with Gasteiger partial charge in [-0.2, -0.15) is 5.26 Å². The van der Waals surface area contributed by atoms with E-state index in [1.165, 1.54) is 0 Å². The molecule has 0 aliphatic heterocycles. The number of amides is 1. The summed E-state index contributed by atoms with van der Waals surface area (Å²) in [6.45, 7) is 0.929. The zero-order valence-electron chi connectivity index (χ0n) is 14.4. The van der Waals surface area contributed by atoms with Crippen molar-refractivity contribution < 1.29 is 4.79 Å². The summed E-state index contributed by atoms with van der Waals surface area (Å²) in [5.74, 6) is 1.70. The Bertz CT molecular complexity index is 919. The van der Waals surface area contributed by atoms with Crippen LogP contribution in [-0.4, -0.2) is 34.2 Å². The van der Waals surface area contributed by atoms with Crippen LogP contribution in [0.1, 0.15) is 15.9 Å². The first-order valence-electron chi connectivity index (χ1n) is 8.28. The second-order valence-electron chi connectivity index (χ2n) is 5.52. The Kier molecular flexibility index (Phi) is 5.89. The molecular weight excluding hydrogens is 342 g/mol. The zero-order chi connectivity index (χ0) is 18.9. The van der Waals surface area contributed by atoms with Crippen LogP contribution in [0.4, 0.5) is 17.5 Å². The molecule has 2 heterocycles. The Labute approximate surface area is 156 Å². The van der Waals surface area contributed by atoms with Gasteiger partial charge < -0.3 is 16.0 Å². The number of hydrogen-bond acceptors (Lipinski definition) is 7. The Hall–Kier alpha value is -3.99. The standard InChI is InChI=1S/C19H17N7O/c20-13-14-4-6-15(7-5-14)19(27)23-12-11-22-17-8-9-18(26-25-17)24-16-3-1-2-10-21-16/h1-10H,11-12H2,(H,22,25)(H,23,27)(H,21,24,26). The molecule has 1 aromatic carbocycles. The molecule has 27 heavy (non-hydrogen) atoms. The van der Waals surface area contributed by atoms with Crippen molar-refractivity contribution in [3.63, 3.8) is 0 Å². The molecule has 0 fully saturated rings. The molecule has 8 nitrogen and oxygen atoms in total. The molecule has 3 N–H and O–H groups in total. The predicted octanol–water partition coefficient (Wildman–Crippen LogP) is 2.33. The second kappa shape index (κ2) is 8.92. The molecule has 3 aromatic rings. The average molecular weight is 359 g/mol. The van der Waals surface area contributed by atoms with E-state index in [0.29, 0.717) is 41.7 Å². The second-order valence-corrected chi connectivity index (χ2v) is 5.52. The molecule has 3 rings (SSSR count). The number of hydrogen-bond donors (Lipinski definition) is 3. The molecule has 2 aromatic heterocycles. The number of anilines is 3. The number of nitriles is 1. The number of carbonyl (C=O) groups excluding carboxylic acids is 1. The van der Waals surface area contributed by atoms with Crippen LogP contribution in [0, 0.1) is 11.3 Å². The summed E-state index contributed by atoms with van der Waals surface area (Å²) >= 11 is 0. The highest BCUT2D eigenvalue weighted by molar-refractivity contribution is 5.94. The van der Waals surface area contributed by atoms with Crippen molar-refractivity contribution in [1.29, 1.82) is 5.26 Å². The van der Waals surface area contributed by atoms with Gasteiger partial charge in [0.2, 0.25) is 0 Å². The SMILES string of the molecule is N#Cc1ccc(C(=O)NCCNc2ccc(Nc3ccccn3)nn2)cc1. The molecular formula is C19H17N7O. The first-order chi connectivity index (χ1) is 13.2. The van der Waals surface area contributed by atoms with Gasteiger partial charge in [-0.15, -0.1) is 10.2 Å². The van der Waals surface area contributed by atoms with E-state index in [1.807, 2.05) is 24.3 Å². The number of carbonyl (C=O) groups is 1. The third-order valence-corrected chi connectivity index (χ3v) is 3.58. The monoisotopic (exact) mass is 359 g/mol. The van der Waals surface area contributed by atoms with E-state index in [1.54, 1.807) is 42.6 Å². The van der Waals surface area contributed by atoms with Gasteiger partial charge in [0, 0.05) is 24.8 Å². The van der Waals surface area contributed by atoms with Gasteiger partial charge in [-0.05, 0) is 48.5 Å². The fraction of sp³-hybridized carbons (Fsp3) is 0.105. The van der Waals surface area contributed by atoms with Gasteiger partial charge >= 0.3 is 0 Å². The molecule has 0 saturated carbocycles. The number of nitrogens with zero attached hydrogens (tertiary/aromatic N) is 4. The minimum absolute atomic E-state index is 0.192. The molecule has 0 unspecified atom stereocenters. The largest absolute Gasteiger partial charge is 0.367 e. The van der Waals surface area contributed by atoms with Crippen molar-refractivity contribution in [2.24, 2.45) is 0 Å². The fourth-order valence-electron chi connectivity index (χ4n) is 2.23. The van der Waals surface area contributed by atoms with E-state index < -0.39 is 0 Å². The van der Waals surface area contributed by atoms with Crippen LogP contribution in [0.2, 0.25) is 0 Å². The minimum Gasteiger partial charge on any atom is -0.367 e. The molecule has 0 aliphatic carbocycles. The van der Waals surface area contributed by atoms with E-state index in [9.17, 15) is 4.79 Å². The van der Waals surface area contributed by atoms with Crippen LogP contribution < -0.4 is 16.0 Å². The van der Waals surface area contributed by atoms with E-state index in [4.69, 9.17) is 5.26 Å². The van der Waals surface area contributed by atoms with Crippen LogP contribution in [0.5, 0.6) is 0 Å². The van der Waals surface area contributed by atoms with Crippen molar-refractivity contribution in [1.82, 2.24) is 20.5 Å². The average Bonchev–Trinajstić information content (AvgIpc) is 2.73. The predicted molar refractivity (Wildman–Crippen MR) is 102 cm³/mol. The summed E-state index contributed by atoms with van der Waals surface area (Å²) in [6.07, 6.45) is 1.69. The normalized spacial score (nSPS) is 9.89. The van der Waals surface area contributed by atoms with Gasteiger partial charge in [-0.25, -0.2) is 4.98 Å². The van der Waals surface area contributed by atoms with Gasteiger partial charge in [0.05, 0.1) is 11.6 Å². The molecule has 0 radical (unpaired) electrons. The Morgan fingerprint density at radius 2 is 1.70 bits per heavy atom. The summed E-state index contributed by atoms with van der Waals surface area (Å²) in [6, 6.07) is 17.6. The number of benzene rings is 1. The van der Waals surface area contributed by atoms with Crippen molar-refractivity contribution in [2.45, 2.75) is 0 Å². The van der Waals surface area contributed by atoms with Crippen LogP contribution >= 0.6 is 0 Å². The van der Waals surface area contributed by atoms with Crippen LogP contribution in [0.15, 0.2) is 60.8 Å². The maximum atomic E-state index is 12.0. The van der Waals surface area contributed by atoms with Gasteiger partial charge in [0.1, 0.15) is 11.6 Å². The number of rotatable bonds is 7. The molecule has 8 heteroatoms. The lowest BCUT2D eigenvalue weighted by molar-refractivity contribution is 0.0955. The first kappa shape index (κ1) is 17.8. The highest BCUT2D eigenvalue weighted by atomic mass is 16.1. The lowest BCUT2D eigenvalue weighted by Gasteiger charge is -2.08. The minimum atomic E-state index is -0.192. The number of aromatic nitrogens is 3. The van der Waals surface area contributed by atoms with Crippen LogP contribution in [0.3, 0.4) is 0 Å². The van der Waals surface area contributed by atoms with E-state index in [-0.39, 0.29) is 5.91 Å². The highest BCUT2D eigenvalue weighted by Crippen LogP contribution is 2.11. The quantitative estimate of drug-likeness (QED) is 0.554. The fourth-order valence-corrected chi connectivity index (χ4v) is 2.23. The van der Waals surface area contributed by atoms with Gasteiger partial charge in [0.15, 0.2) is 5.82 Å². The summed E-state index contributed by atoms with van der Waals surface area (Å²) < 4.78 is 0. The topological polar surface area (TPSA) is 116 Å². The van der Waals surface area contributed by atoms with Crippen molar-refractivity contribution in [2.75, 3.05) is 23.7 Å². The van der Waals surface area contributed by atoms with Crippen molar-refractivity contribution in [3.05, 3.63) is 71.9 Å². The molecule has 1 amide bonds. The molecule has 0 aliphatic rings. The third kappa shape index (κ3) is 5.24. The first-order valence-corrected chi connectivity index (χ1v) is 8.28. The maximum absolute atomic E-state index is 12.0. The van der Waals surface area contributed by atoms with E-state index in [0.717, 1.165) is 0 Å². The van der Waals surface area contributed by atoms with Gasteiger partial charge in [0.25, 0.3) is 5.91 Å². The van der Waals surface area contributed by atoms with Crippen LogP contribution in [-0.2, 0) is 0 Å². The Morgan fingerprint density at radius 1 is 0.926 bits per heavy atom.